The minimum Gasteiger partial charge on any atom is -0.481 e. The Morgan fingerprint density at radius 1 is 1.32 bits per heavy atom. The summed E-state index contributed by atoms with van der Waals surface area (Å²) in [6.45, 7) is 11.5. The molecule has 0 saturated carbocycles. The Balaban J connectivity index is 1.85. The summed E-state index contributed by atoms with van der Waals surface area (Å²) in [5.41, 5.74) is 2.48. The van der Waals surface area contributed by atoms with Gasteiger partial charge >= 0.3 is 0 Å². The molecule has 6 heteroatoms. The molecular formula is C19H28N4O2. The lowest BCUT2D eigenvalue weighted by molar-refractivity contribution is -0.127. The molecule has 0 radical (unpaired) electrons. The van der Waals surface area contributed by atoms with Crippen molar-refractivity contribution in [3.05, 3.63) is 41.5 Å². The number of carbonyl (C=O) groups excluding carboxylic acids is 1. The van der Waals surface area contributed by atoms with Gasteiger partial charge in [0.25, 0.3) is 5.91 Å². The predicted octanol–water partition coefficient (Wildman–Crippen LogP) is 2.86. The maximum absolute atomic E-state index is 12.2. The number of rotatable bonds is 8. The van der Waals surface area contributed by atoms with E-state index in [2.05, 4.69) is 42.4 Å². The van der Waals surface area contributed by atoms with Crippen LogP contribution in [-0.4, -0.2) is 33.3 Å². The highest BCUT2D eigenvalue weighted by molar-refractivity contribution is 5.80. The number of amides is 1. The molecule has 2 aromatic rings. The molecule has 1 heterocycles. The molecule has 25 heavy (non-hydrogen) atoms. The van der Waals surface area contributed by atoms with E-state index in [1.165, 1.54) is 11.1 Å². The van der Waals surface area contributed by atoms with Gasteiger partial charge in [0, 0.05) is 19.5 Å². The highest BCUT2D eigenvalue weighted by Crippen LogP contribution is 2.24. The third kappa shape index (κ3) is 5.05. The molecule has 0 bridgehead atoms. The number of benzene rings is 1. The van der Waals surface area contributed by atoms with E-state index in [0.29, 0.717) is 18.9 Å². The molecule has 0 aliphatic rings. The van der Waals surface area contributed by atoms with Crippen LogP contribution in [0, 0.1) is 6.92 Å². The van der Waals surface area contributed by atoms with Crippen LogP contribution >= 0.6 is 0 Å². The summed E-state index contributed by atoms with van der Waals surface area (Å²) in [7, 11) is 0. The zero-order valence-corrected chi connectivity index (χ0v) is 15.7. The van der Waals surface area contributed by atoms with E-state index in [9.17, 15) is 4.79 Å². The van der Waals surface area contributed by atoms with Gasteiger partial charge in [-0.2, -0.15) is 0 Å². The molecule has 2 rings (SSSR count). The second kappa shape index (κ2) is 8.65. The lowest BCUT2D eigenvalue weighted by Gasteiger charge is -2.17. The van der Waals surface area contributed by atoms with Crippen molar-refractivity contribution in [3.8, 4) is 5.75 Å². The number of hydrogen-bond donors (Lipinski definition) is 1. The molecule has 1 aromatic carbocycles. The van der Waals surface area contributed by atoms with Crippen molar-refractivity contribution in [2.24, 2.45) is 0 Å². The maximum Gasteiger partial charge on any atom is 0.260 e. The van der Waals surface area contributed by atoms with E-state index in [1.54, 1.807) is 13.3 Å². The minimum atomic E-state index is -0.548. The van der Waals surface area contributed by atoms with Crippen LogP contribution < -0.4 is 10.1 Å². The number of carbonyl (C=O) groups is 1. The third-order valence-corrected chi connectivity index (χ3v) is 4.23. The summed E-state index contributed by atoms with van der Waals surface area (Å²) < 4.78 is 7.74. The van der Waals surface area contributed by atoms with E-state index in [1.807, 2.05) is 23.6 Å². The molecule has 0 aliphatic carbocycles. The van der Waals surface area contributed by atoms with Crippen LogP contribution in [0.3, 0.4) is 0 Å². The fourth-order valence-corrected chi connectivity index (χ4v) is 2.80. The van der Waals surface area contributed by atoms with Gasteiger partial charge in [0.15, 0.2) is 6.10 Å². The Bertz CT molecular complexity index is 709. The van der Waals surface area contributed by atoms with E-state index < -0.39 is 6.10 Å². The van der Waals surface area contributed by atoms with Gasteiger partial charge < -0.3 is 14.6 Å². The normalized spacial score (nSPS) is 12.2. The average Bonchev–Trinajstić information content (AvgIpc) is 3.01. The topological polar surface area (TPSA) is 69.0 Å². The number of nitrogens with zero attached hydrogens (tertiary/aromatic N) is 3. The Kier molecular flexibility index (Phi) is 6.56. The van der Waals surface area contributed by atoms with Gasteiger partial charge in [-0.15, -0.1) is 10.2 Å². The van der Waals surface area contributed by atoms with Gasteiger partial charge in [-0.25, -0.2) is 0 Å². The molecule has 0 fully saturated rings. The van der Waals surface area contributed by atoms with Crippen LogP contribution in [0.1, 0.15) is 50.6 Å². The third-order valence-electron chi connectivity index (χ3n) is 4.23. The van der Waals surface area contributed by atoms with E-state index in [4.69, 9.17) is 4.74 Å². The molecule has 1 N–H and O–H groups in total. The minimum absolute atomic E-state index is 0.131. The Morgan fingerprint density at radius 3 is 2.72 bits per heavy atom. The highest BCUT2D eigenvalue weighted by atomic mass is 16.5. The van der Waals surface area contributed by atoms with Crippen molar-refractivity contribution in [1.29, 1.82) is 0 Å². The fourth-order valence-electron chi connectivity index (χ4n) is 2.80. The van der Waals surface area contributed by atoms with Crippen LogP contribution in [0.5, 0.6) is 5.75 Å². The predicted molar refractivity (Wildman–Crippen MR) is 97.8 cm³/mol. The van der Waals surface area contributed by atoms with Gasteiger partial charge in [0.1, 0.15) is 17.9 Å². The Morgan fingerprint density at radius 2 is 2.08 bits per heavy atom. The molecule has 0 aliphatic heterocycles. The highest BCUT2D eigenvalue weighted by Gasteiger charge is 2.15. The van der Waals surface area contributed by atoms with Gasteiger partial charge in [0.05, 0.1) is 0 Å². The summed E-state index contributed by atoms with van der Waals surface area (Å²) in [6.07, 6.45) is 1.80. The molecule has 6 nitrogen and oxygen atoms in total. The SMILES string of the molecule is CCn1cnnc1CCNC(=O)C(C)Oc1ccc(C(C)C)c(C)c1. The summed E-state index contributed by atoms with van der Waals surface area (Å²) >= 11 is 0. The number of ether oxygens (including phenoxy) is 1. The van der Waals surface area contributed by atoms with Crippen LogP contribution in [0.15, 0.2) is 24.5 Å². The second-order valence-corrected chi connectivity index (χ2v) is 6.51. The van der Waals surface area contributed by atoms with Gasteiger partial charge in [0.2, 0.25) is 0 Å². The first kappa shape index (κ1) is 19.0. The second-order valence-electron chi connectivity index (χ2n) is 6.51. The number of hydrogen-bond acceptors (Lipinski definition) is 4. The van der Waals surface area contributed by atoms with Crippen molar-refractivity contribution in [2.75, 3.05) is 6.54 Å². The van der Waals surface area contributed by atoms with E-state index in [0.717, 1.165) is 18.1 Å². The van der Waals surface area contributed by atoms with E-state index >= 15 is 0 Å². The van der Waals surface area contributed by atoms with Crippen LogP contribution in [-0.2, 0) is 17.8 Å². The number of aryl methyl sites for hydroxylation is 2. The van der Waals surface area contributed by atoms with Crippen LogP contribution in [0.4, 0.5) is 0 Å². The molecule has 1 aromatic heterocycles. The largest absolute Gasteiger partial charge is 0.481 e. The van der Waals surface area contributed by atoms with Gasteiger partial charge in [-0.1, -0.05) is 19.9 Å². The molecule has 0 spiro atoms. The van der Waals surface area contributed by atoms with Crippen LogP contribution in [0.2, 0.25) is 0 Å². The first-order chi connectivity index (χ1) is 11.9. The quantitative estimate of drug-likeness (QED) is 0.799. The number of aromatic nitrogens is 3. The van der Waals surface area contributed by atoms with Crippen LogP contribution in [0.25, 0.3) is 0 Å². The molecular weight excluding hydrogens is 316 g/mol. The van der Waals surface area contributed by atoms with Crippen molar-refractivity contribution in [1.82, 2.24) is 20.1 Å². The average molecular weight is 344 g/mol. The lowest BCUT2D eigenvalue weighted by Crippen LogP contribution is -2.37. The van der Waals surface area contributed by atoms with Crippen molar-refractivity contribution in [2.45, 2.75) is 59.6 Å². The standard InChI is InChI=1S/C19H28N4O2/c1-6-23-12-21-22-18(23)9-10-20-19(24)15(5)25-16-7-8-17(13(2)3)14(4)11-16/h7-8,11-13,15H,6,9-10H2,1-5H3,(H,20,24). The molecule has 0 saturated heterocycles. The number of nitrogens with one attached hydrogen (secondary N) is 1. The smallest absolute Gasteiger partial charge is 0.260 e. The summed E-state index contributed by atoms with van der Waals surface area (Å²) in [4.78, 5) is 12.2. The maximum atomic E-state index is 12.2. The molecule has 1 atom stereocenters. The van der Waals surface area contributed by atoms with Crippen molar-refractivity contribution < 1.29 is 9.53 Å². The van der Waals surface area contributed by atoms with E-state index in [-0.39, 0.29) is 5.91 Å². The zero-order valence-electron chi connectivity index (χ0n) is 15.7. The lowest BCUT2D eigenvalue weighted by atomic mass is 9.98. The zero-order chi connectivity index (χ0) is 18.4. The van der Waals surface area contributed by atoms with Crippen molar-refractivity contribution in [3.63, 3.8) is 0 Å². The van der Waals surface area contributed by atoms with Gasteiger partial charge in [-0.05, 0) is 49.9 Å². The summed E-state index contributed by atoms with van der Waals surface area (Å²) in [6, 6.07) is 5.98. The Hall–Kier alpha value is -2.37. The fraction of sp³-hybridized carbons (Fsp3) is 0.526. The molecule has 136 valence electrons. The first-order valence-corrected chi connectivity index (χ1v) is 8.84. The molecule has 1 amide bonds. The van der Waals surface area contributed by atoms with Gasteiger partial charge in [-0.3, -0.25) is 4.79 Å². The molecule has 1 unspecified atom stereocenters. The summed E-state index contributed by atoms with van der Waals surface area (Å²) in [5.74, 6) is 1.93. The first-order valence-electron chi connectivity index (χ1n) is 8.84. The monoisotopic (exact) mass is 344 g/mol. The summed E-state index contributed by atoms with van der Waals surface area (Å²) in [5, 5.41) is 10.8. The van der Waals surface area contributed by atoms with Crippen molar-refractivity contribution >= 4 is 5.91 Å². The Labute approximate surface area is 149 Å².